The Balaban J connectivity index is 1.40. The highest BCUT2D eigenvalue weighted by Crippen LogP contribution is 2.43. The van der Waals surface area contributed by atoms with Crippen LogP contribution in [0.15, 0.2) is 109 Å². The summed E-state index contributed by atoms with van der Waals surface area (Å²) < 4.78 is 25.0. The number of nitrogens with zero attached hydrogens (tertiary/aromatic N) is 1. The molecule has 2 heterocycles. The number of hydrogen-bond acceptors (Lipinski definition) is 5. The molecule has 5 aromatic rings. The highest BCUT2D eigenvalue weighted by atomic mass is 16.5. The Morgan fingerprint density at radius 1 is 0.775 bits per heavy atom. The van der Waals surface area contributed by atoms with Crippen LogP contribution in [0.1, 0.15) is 35.6 Å². The quantitative estimate of drug-likeness (QED) is 0.193. The van der Waals surface area contributed by atoms with Crippen LogP contribution in [0.5, 0.6) is 11.6 Å². The Hall–Kier alpha value is -4.19. The Morgan fingerprint density at radius 3 is 2.38 bits per heavy atom. The number of hydrogen-bond donors (Lipinski definition) is 0. The Labute approximate surface area is 235 Å². The summed E-state index contributed by atoms with van der Waals surface area (Å²) in [4.78, 5) is 4.72. The molecule has 5 nitrogen and oxygen atoms in total. The monoisotopic (exact) mass is 531 g/mol. The summed E-state index contributed by atoms with van der Waals surface area (Å²) in [7, 11) is 1.78. The van der Waals surface area contributed by atoms with Crippen LogP contribution in [-0.2, 0) is 22.7 Å². The van der Waals surface area contributed by atoms with Gasteiger partial charge in [0.15, 0.2) is 0 Å². The van der Waals surface area contributed by atoms with Gasteiger partial charge in [-0.25, -0.2) is 4.98 Å². The number of rotatable bonds is 9. The zero-order chi connectivity index (χ0) is 27.1. The SMILES string of the molecule is COC1CCOC(c2c(OCc3ccccc3)ccc(COc3ccc4ccccc4n3)c2-c2ccccc2)C1. The maximum absolute atomic E-state index is 6.50. The summed E-state index contributed by atoms with van der Waals surface area (Å²) in [5.74, 6) is 1.41. The first-order valence-corrected chi connectivity index (χ1v) is 13.8. The smallest absolute Gasteiger partial charge is 0.214 e. The predicted molar refractivity (Wildman–Crippen MR) is 157 cm³/mol. The topological polar surface area (TPSA) is 49.8 Å². The maximum atomic E-state index is 6.50. The molecule has 1 saturated heterocycles. The largest absolute Gasteiger partial charge is 0.488 e. The van der Waals surface area contributed by atoms with Crippen molar-refractivity contribution in [3.05, 3.63) is 126 Å². The lowest BCUT2D eigenvalue weighted by molar-refractivity contribution is -0.0605. The fourth-order valence-electron chi connectivity index (χ4n) is 5.35. The zero-order valence-corrected chi connectivity index (χ0v) is 22.7. The molecule has 2 unspecified atom stereocenters. The van der Waals surface area contributed by atoms with E-state index >= 15 is 0 Å². The van der Waals surface area contributed by atoms with E-state index in [1.54, 1.807) is 7.11 Å². The molecule has 0 amide bonds. The van der Waals surface area contributed by atoms with Crippen LogP contribution in [0.4, 0.5) is 0 Å². The molecule has 1 aromatic heterocycles. The minimum absolute atomic E-state index is 0.131. The van der Waals surface area contributed by atoms with Crippen molar-refractivity contribution in [1.82, 2.24) is 4.98 Å². The second-order valence-corrected chi connectivity index (χ2v) is 10.0. The molecule has 0 aliphatic carbocycles. The molecule has 0 saturated carbocycles. The van der Waals surface area contributed by atoms with E-state index in [1.165, 1.54) is 0 Å². The average Bonchev–Trinajstić information content (AvgIpc) is 3.03. The van der Waals surface area contributed by atoms with Crippen LogP contribution in [0.25, 0.3) is 22.0 Å². The van der Waals surface area contributed by atoms with Gasteiger partial charge in [-0.05, 0) is 46.9 Å². The molecule has 4 aromatic carbocycles. The van der Waals surface area contributed by atoms with Crippen molar-refractivity contribution >= 4 is 10.9 Å². The minimum atomic E-state index is -0.168. The zero-order valence-electron chi connectivity index (χ0n) is 22.7. The molecule has 0 N–H and O–H groups in total. The van der Waals surface area contributed by atoms with Crippen LogP contribution < -0.4 is 9.47 Å². The maximum Gasteiger partial charge on any atom is 0.214 e. The van der Waals surface area contributed by atoms with Crippen LogP contribution in [-0.4, -0.2) is 24.8 Å². The van der Waals surface area contributed by atoms with Gasteiger partial charge in [0.25, 0.3) is 0 Å². The lowest BCUT2D eigenvalue weighted by Crippen LogP contribution is -2.26. The number of fused-ring (bicyclic) bond motifs is 1. The molecule has 0 radical (unpaired) electrons. The van der Waals surface area contributed by atoms with Gasteiger partial charge >= 0.3 is 0 Å². The summed E-state index contributed by atoms with van der Waals surface area (Å²) in [5.41, 5.74) is 6.28. The molecule has 1 aliphatic heterocycles. The van der Waals surface area contributed by atoms with Gasteiger partial charge in [0.2, 0.25) is 5.88 Å². The number of methoxy groups -OCH3 is 1. The average molecular weight is 532 g/mol. The van der Waals surface area contributed by atoms with Crippen LogP contribution in [0.3, 0.4) is 0 Å². The van der Waals surface area contributed by atoms with E-state index in [0.717, 1.165) is 57.3 Å². The second kappa shape index (κ2) is 12.3. The Kier molecular flexibility index (Phi) is 8.03. The van der Waals surface area contributed by atoms with Crippen LogP contribution in [0, 0.1) is 0 Å². The van der Waals surface area contributed by atoms with Gasteiger partial charge in [0.1, 0.15) is 19.0 Å². The van der Waals surface area contributed by atoms with E-state index in [-0.39, 0.29) is 12.2 Å². The van der Waals surface area contributed by atoms with E-state index in [1.807, 2.05) is 54.6 Å². The van der Waals surface area contributed by atoms with Crippen molar-refractivity contribution in [2.45, 2.75) is 38.3 Å². The van der Waals surface area contributed by atoms with Gasteiger partial charge in [0, 0.05) is 37.2 Å². The second-order valence-electron chi connectivity index (χ2n) is 10.0. The molecule has 2 atom stereocenters. The summed E-state index contributed by atoms with van der Waals surface area (Å²) in [5, 5.41) is 1.09. The Morgan fingerprint density at radius 2 is 1.55 bits per heavy atom. The standard InChI is InChI=1S/C35H33NO4/c1-37-29-20-21-38-32(22-29)35-31(39-23-25-10-4-2-5-11-25)18-16-28(34(35)27-13-6-3-7-14-27)24-40-33-19-17-26-12-8-9-15-30(26)36-33/h2-19,29,32H,20-24H2,1H3. The molecule has 5 heteroatoms. The third-order valence-corrected chi connectivity index (χ3v) is 7.43. The van der Waals surface area contributed by atoms with Gasteiger partial charge in [-0.1, -0.05) is 84.9 Å². The lowest BCUT2D eigenvalue weighted by atomic mass is 9.88. The van der Waals surface area contributed by atoms with Crippen LogP contribution >= 0.6 is 0 Å². The molecule has 1 fully saturated rings. The van der Waals surface area contributed by atoms with Crippen molar-refractivity contribution in [3.63, 3.8) is 0 Å². The number of para-hydroxylation sites is 1. The van der Waals surface area contributed by atoms with E-state index < -0.39 is 0 Å². The molecule has 0 bridgehead atoms. The van der Waals surface area contributed by atoms with Gasteiger partial charge in [-0.15, -0.1) is 0 Å². The fraction of sp³-hybridized carbons (Fsp3) is 0.229. The van der Waals surface area contributed by atoms with Gasteiger partial charge in [-0.2, -0.15) is 0 Å². The summed E-state index contributed by atoms with van der Waals surface area (Å²) in [6, 6.07) is 36.8. The third-order valence-electron chi connectivity index (χ3n) is 7.43. The first kappa shape index (κ1) is 26.1. The first-order chi connectivity index (χ1) is 19.8. The normalized spacial score (nSPS) is 17.0. The highest BCUT2D eigenvalue weighted by Gasteiger charge is 2.30. The van der Waals surface area contributed by atoms with Gasteiger partial charge < -0.3 is 18.9 Å². The molecule has 6 rings (SSSR count). The molecule has 202 valence electrons. The summed E-state index contributed by atoms with van der Waals surface area (Å²) in [6.07, 6.45) is 1.60. The third kappa shape index (κ3) is 5.86. The van der Waals surface area contributed by atoms with Crippen molar-refractivity contribution in [2.75, 3.05) is 13.7 Å². The van der Waals surface area contributed by atoms with E-state index in [2.05, 4.69) is 54.6 Å². The number of pyridine rings is 1. The fourth-order valence-corrected chi connectivity index (χ4v) is 5.35. The number of ether oxygens (including phenoxy) is 4. The minimum Gasteiger partial charge on any atom is -0.488 e. The molecular weight excluding hydrogens is 498 g/mol. The Bertz CT molecular complexity index is 1550. The van der Waals surface area contributed by atoms with Crippen LogP contribution in [0.2, 0.25) is 0 Å². The predicted octanol–water partition coefficient (Wildman–Crippen LogP) is 7.93. The summed E-state index contributed by atoms with van der Waals surface area (Å²) in [6.45, 7) is 1.47. The van der Waals surface area contributed by atoms with Crippen molar-refractivity contribution in [2.24, 2.45) is 0 Å². The van der Waals surface area contributed by atoms with Crippen molar-refractivity contribution in [3.8, 4) is 22.8 Å². The van der Waals surface area contributed by atoms with Crippen molar-refractivity contribution in [1.29, 1.82) is 0 Å². The van der Waals surface area contributed by atoms with Gasteiger partial charge in [-0.3, -0.25) is 0 Å². The van der Waals surface area contributed by atoms with E-state index in [4.69, 9.17) is 23.9 Å². The molecular formula is C35H33NO4. The number of aromatic nitrogens is 1. The first-order valence-electron chi connectivity index (χ1n) is 13.8. The molecule has 40 heavy (non-hydrogen) atoms. The summed E-state index contributed by atoms with van der Waals surface area (Å²) >= 11 is 0. The van der Waals surface area contributed by atoms with E-state index in [9.17, 15) is 0 Å². The van der Waals surface area contributed by atoms with E-state index in [0.29, 0.717) is 25.7 Å². The van der Waals surface area contributed by atoms with Gasteiger partial charge in [0.05, 0.1) is 17.7 Å². The van der Waals surface area contributed by atoms with Crippen molar-refractivity contribution < 1.29 is 18.9 Å². The number of benzene rings is 4. The molecule has 0 spiro atoms. The lowest BCUT2D eigenvalue weighted by Gasteiger charge is -2.32. The molecule has 1 aliphatic rings. The highest BCUT2D eigenvalue weighted by molar-refractivity contribution is 5.79.